The standard InChI is InChI=1S/C23H21ClN2O3/c24-18-7-9-20(10-8-18)28-21-12-14-26(15-13-21)23(27)17-6-11-22(25-16-17)29-19-4-2-1-3-5-19/h1-11,16,21H,12-15H2. The first-order chi connectivity index (χ1) is 14.2. The first-order valence-corrected chi connectivity index (χ1v) is 9.95. The molecule has 1 fully saturated rings. The fourth-order valence-corrected chi connectivity index (χ4v) is 3.37. The molecule has 0 spiro atoms. The van der Waals surface area contributed by atoms with E-state index in [1.54, 1.807) is 18.3 Å². The molecule has 2 heterocycles. The summed E-state index contributed by atoms with van der Waals surface area (Å²) in [6.45, 7) is 1.30. The first kappa shape index (κ1) is 19.3. The smallest absolute Gasteiger partial charge is 0.255 e. The molecule has 148 valence electrons. The van der Waals surface area contributed by atoms with Gasteiger partial charge < -0.3 is 14.4 Å². The van der Waals surface area contributed by atoms with Crippen LogP contribution in [0.3, 0.4) is 0 Å². The number of ether oxygens (including phenoxy) is 2. The molecular formula is C23H21ClN2O3. The monoisotopic (exact) mass is 408 g/mol. The van der Waals surface area contributed by atoms with Crippen molar-refractivity contribution >= 4 is 17.5 Å². The van der Waals surface area contributed by atoms with E-state index in [2.05, 4.69) is 4.98 Å². The van der Waals surface area contributed by atoms with Crippen molar-refractivity contribution in [1.82, 2.24) is 9.88 Å². The normalized spacial score (nSPS) is 14.4. The Balaban J connectivity index is 1.30. The Hall–Kier alpha value is -3.05. The number of hydrogen-bond acceptors (Lipinski definition) is 4. The molecule has 0 saturated carbocycles. The number of carbonyl (C=O) groups is 1. The van der Waals surface area contributed by atoms with Crippen LogP contribution in [-0.4, -0.2) is 35.0 Å². The number of benzene rings is 2. The number of pyridine rings is 1. The van der Waals surface area contributed by atoms with Gasteiger partial charge in [-0.1, -0.05) is 29.8 Å². The van der Waals surface area contributed by atoms with Crippen molar-refractivity contribution in [2.24, 2.45) is 0 Å². The molecule has 1 aliphatic heterocycles. The van der Waals surface area contributed by atoms with Crippen LogP contribution in [0.25, 0.3) is 0 Å². The van der Waals surface area contributed by atoms with Crippen molar-refractivity contribution in [2.45, 2.75) is 18.9 Å². The Morgan fingerprint density at radius 2 is 1.66 bits per heavy atom. The molecule has 3 aromatic rings. The van der Waals surface area contributed by atoms with Crippen LogP contribution in [0.2, 0.25) is 5.02 Å². The number of nitrogens with zero attached hydrogens (tertiary/aromatic N) is 2. The molecule has 1 aromatic heterocycles. The van der Waals surface area contributed by atoms with Crippen LogP contribution in [0.4, 0.5) is 0 Å². The van der Waals surface area contributed by atoms with Gasteiger partial charge in [-0.2, -0.15) is 0 Å². The maximum Gasteiger partial charge on any atom is 0.255 e. The van der Waals surface area contributed by atoms with E-state index in [1.807, 2.05) is 59.5 Å². The summed E-state index contributed by atoms with van der Waals surface area (Å²) in [5.74, 6) is 1.95. The molecule has 4 rings (SSSR count). The minimum absolute atomic E-state index is 0.0197. The van der Waals surface area contributed by atoms with Gasteiger partial charge in [0.15, 0.2) is 0 Å². The molecule has 6 heteroatoms. The van der Waals surface area contributed by atoms with Gasteiger partial charge in [0.25, 0.3) is 5.91 Å². The van der Waals surface area contributed by atoms with Crippen molar-refractivity contribution in [3.8, 4) is 17.4 Å². The Labute approximate surface area is 174 Å². The van der Waals surface area contributed by atoms with Crippen LogP contribution in [0.1, 0.15) is 23.2 Å². The quantitative estimate of drug-likeness (QED) is 0.581. The molecule has 0 bridgehead atoms. The lowest BCUT2D eigenvalue weighted by Crippen LogP contribution is -2.41. The molecular weight excluding hydrogens is 388 g/mol. The third-order valence-electron chi connectivity index (χ3n) is 4.79. The summed E-state index contributed by atoms with van der Waals surface area (Å²) in [5.41, 5.74) is 0.558. The van der Waals surface area contributed by atoms with E-state index in [9.17, 15) is 4.79 Å². The third kappa shape index (κ3) is 5.06. The maximum absolute atomic E-state index is 12.8. The second-order valence-electron chi connectivity index (χ2n) is 6.86. The summed E-state index contributed by atoms with van der Waals surface area (Å²) in [6.07, 6.45) is 3.24. The van der Waals surface area contributed by atoms with Gasteiger partial charge in [0.2, 0.25) is 5.88 Å². The van der Waals surface area contributed by atoms with E-state index in [-0.39, 0.29) is 12.0 Å². The van der Waals surface area contributed by atoms with Gasteiger partial charge in [0.05, 0.1) is 5.56 Å². The zero-order valence-electron chi connectivity index (χ0n) is 15.8. The highest BCUT2D eigenvalue weighted by Crippen LogP contribution is 2.23. The lowest BCUT2D eigenvalue weighted by Gasteiger charge is -2.32. The minimum Gasteiger partial charge on any atom is -0.490 e. The number of piperidine rings is 1. The highest BCUT2D eigenvalue weighted by atomic mass is 35.5. The first-order valence-electron chi connectivity index (χ1n) is 9.58. The average Bonchev–Trinajstić information content (AvgIpc) is 2.77. The molecule has 0 radical (unpaired) electrons. The lowest BCUT2D eigenvalue weighted by molar-refractivity contribution is 0.0595. The molecule has 0 unspecified atom stereocenters. The number of amides is 1. The highest BCUT2D eigenvalue weighted by molar-refractivity contribution is 6.30. The van der Waals surface area contributed by atoms with E-state index >= 15 is 0 Å². The number of rotatable bonds is 5. The SMILES string of the molecule is O=C(c1ccc(Oc2ccccc2)nc1)N1CCC(Oc2ccc(Cl)cc2)CC1. The van der Waals surface area contributed by atoms with Crippen molar-refractivity contribution < 1.29 is 14.3 Å². The molecule has 1 aliphatic rings. The largest absolute Gasteiger partial charge is 0.490 e. The summed E-state index contributed by atoms with van der Waals surface area (Å²) < 4.78 is 11.7. The molecule has 0 atom stereocenters. The second-order valence-corrected chi connectivity index (χ2v) is 7.30. The number of carbonyl (C=O) groups excluding carboxylic acids is 1. The van der Waals surface area contributed by atoms with Gasteiger partial charge in [0, 0.05) is 43.2 Å². The Kier molecular flexibility index (Phi) is 5.96. The topological polar surface area (TPSA) is 51.7 Å². The summed E-state index contributed by atoms with van der Waals surface area (Å²) in [4.78, 5) is 18.9. The molecule has 29 heavy (non-hydrogen) atoms. The van der Waals surface area contributed by atoms with E-state index in [1.165, 1.54) is 0 Å². The Morgan fingerprint density at radius 3 is 2.31 bits per heavy atom. The number of aromatic nitrogens is 1. The second kappa shape index (κ2) is 8.97. The number of halogens is 1. The molecule has 0 aliphatic carbocycles. The number of likely N-dealkylation sites (tertiary alicyclic amines) is 1. The van der Waals surface area contributed by atoms with Crippen LogP contribution in [0.15, 0.2) is 72.9 Å². The van der Waals surface area contributed by atoms with Crippen molar-refractivity contribution in [2.75, 3.05) is 13.1 Å². The van der Waals surface area contributed by atoms with E-state index in [0.717, 1.165) is 18.6 Å². The van der Waals surface area contributed by atoms with Crippen molar-refractivity contribution in [1.29, 1.82) is 0 Å². The summed E-state index contributed by atoms with van der Waals surface area (Å²) in [7, 11) is 0. The number of para-hydroxylation sites is 1. The van der Waals surface area contributed by atoms with E-state index < -0.39 is 0 Å². The van der Waals surface area contributed by atoms with Gasteiger partial charge in [-0.25, -0.2) is 4.98 Å². The minimum atomic E-state index is -0.0197. The maximum atomic E-state index is 12.8. The summed E-state index contributed by atoms with van der Waals surface area (Å²) in [6, 6.07) is 20.3. The molecule has 5 nitrogen and oxygen atoms in total. The van der Waals surface area contributed by atoms with Crippen molar-refractivity contribution in [3.63, 3.8) is 0 Å². The highest BCUT2D eigenvalue weighted by Gasteiger charge is 2.25. The zero-order chi connectivity index (χ0) is 20.1. The Morgan fingerprint density at radius 1 is 0.931 bits per heavy atom. The average molecular weight is 409 g/mol. The fraction of sp³-hybridized carbons (Fsp3) is 0.217. The predicted octanol–water partition coefficient (Wildman–Crippen LogP) is 5.21. The van der Waals surface area contributed by atoms with Gasteiger partial charge in [-0.05, 0) is 42.5 Å². The third-order valence-corrected chi connectivity index (χ3v) is 5.05. The Bertz CT molecular complexity index is 938. The van der Waals surface area contributed by atoms with E-state index in [4.69, 9.17) is 21.1 Å². The van der Waals surface area contributed by atoms with Crippen molar-refractivity contribution in [3.05, 3.63) is 83.5 Å². The number of hydrogen-bond donors (Lipinski definition) is 0. The molecule has 1 amide bonds. The van der Waals surface area contributed by atoms with Crippen LogP contribution in [0.5, 0.6) is 17.4 Å². The zero-order valence-corrected chi connectivity index (χ0v) is 16.6. The molecule has 2 aromatic carbocycles. The van der Waals surface area contributed by atoms with E-state index in [0.29, 0.717) is 35.3 Å². The van der Waals surface area contributed by atoms with Gasteiger partial charge in [-0.15, -0.1) is 0 Å². The fourth-order valence-electron chi connectivity index (χ4n) is 3.24. The predicted molar refractivity (Wildman–Crippen MR) is 112 cm³/mol. The van der Waals surface area contributed by atoms with Crippen LogP contribution >= 0.6 is 11.6 Å². The summed E-state index contributed by atoms with van der Waals surface area (Å²) >= 11 is 5.90. The van der Waals surface area contributed by atoms with Crippen LogP contribution in [0, 0.1) is 0 Å². The lowest BCUT2D eigenvalue weighted by atomic mass is 10.1. The van der Waals surface area contributed by atoms with Crippen LogP contribution in [-0.2, 0) is 0 Å². The van der Waals surface area contributed by atoms with Gasteiger partial charge in [-0.3, -0.25) is 4.79 Å². The molecule has 0 N–H and O–H groups in total. The van der Waals surface area contributed by atoms with Gasteiger partial charge >= 0.3 is 0 Å². The van der Waals surface area contributed by atoms with Gasteiger partial charge in [0.1, 0.15) is 17.6 Å². The summed E-state index contributed by atoms with van der Waals surface area (Å²) in [5, 5.41) is 0.687. The molecule has 1 saturated heterocycles. The van der Waals surface area contributed by atoms with Crippen LogP contribution < -0.4 is 9.47 Å².